The third kappa shape index (κ3) is 1.96. The minimum atomic E-state index is -0.514. The van der Waals surface area contributed by atoms with E-state index in [4.69, 9.17) is 0 Å². The molecule has 0 radical (unpaired) electrons. The van der Waals surface area contributed by atoms with E-state index in [1.807, 2.05) is 13.8 Å². The van der Waals surface area contributed by atoms with E-state index < -0.39 is 11.6 Å². The van der Waals surface area contributed by atoms with Crippen molar-refractivity contribution in [3.05, 3.63) is 35.4 Å². The zero-order valence-electron chi connectivity index (χ0n) is 9.69. The fraction of sp³-hybridized carbons (Fsp3) is 0.538. The molecule has 1 saturated carbocycles. The quantitative estimate of drug-likeness (QED) is 0.832. The van der Waals surface area contributed by atoms with Crippen LogP contribution < -0.4 is 5.32 Å². The van der Waals surface area contributed by atoms with Crippen molar-refractivity contribution >= 4 is 0 Å². The standard InChI is InChI=1S/C13H17F2N/c1-9(2)16-13(6-3-7-13)11-5-4-10(14)8-12(11)15/h4-5,8-9,16H,3,6-7H2,1-2H3. The Morgan fingerprint density at radius 3 is 2.38 bits per heavy atom. The average molecular weight is 225 g/mol. The fourth-order valence-corrected chi connectivity index (χ4v) is 2.45. The van der Waals surface area contributed by atoms with E-state index >= 15 is 0 Å². The predicted octanol–water partition coefficient (Wildman–Crippen LogP) is 3.34. The summed E-state index contributed by atoms with van der Waals surface area (Å²) in [6.45, 7) is 4.09. The fourth-order valence-electron chi connectivity index (χ4n) is 2.45. The molecule has 3 heteroatoms. The summed E-state index contributed by atoms with van der Waals surface area (Å²) in [5.41, 5.74) is 0.334. The lowest BCUT2D eigenvalue weighted by Gasteiger charge is -2.45. The molecule has 1 aliphatic rings. The average Bonchev–Trinajstić information content (AvgIpc) is 2.12. The Balaban J connectivity index is 2.33. The van der Waals surface area contributed by atoms with Crippen LogP contribution in [0.15, 0.2) is 18.2 Å². The summed E-state index contributed by atoms with van der Waals surface area (Å²) in [5.74, 6) is -0.951. The van der Waals surface area contributed by atoms with Crippen molar-refractivity contribution in [1.82, 2.24) is 5.32 Å². The van der Waals surface area contributed by atoms with E-state index in [-0.39, 0.29) is 5.54 Å². The number of hydrogen-bond donors (Lipinski definition) is 1. The minimum absolute atomic E-state index is 0.272. The highest BCUT2D eigenvalue weighted by atomic mass is 19.1. The molecule has 0 atom stereocenters. The summed E-state index contributed by atoms with van der Waals surface area (Å²) in [4.78, 5) is 0. The Hall–Kier alpha value is -0.960. The van der Waals surface area contributed by atoms with Crippen molar-refractivity contribution in [2.75, 3.05) is 0 Å². The second-order valence-electron chi connectivity index (χ2n) is 4.86. The maximum atomic E-state index is 13.7. The van der Waals surface area contributed by atoms with Crippen molar-refractivity contribution in [3.8, 4) is 0 Å². The van der Waals surface area contributed by atoms with Crippen molar-refractivity contribution in [3.63, 3.8) is 0 Å². The van der Waals surface area contributed by atoms with Gasteiger partial charge in [0.05, 0.1) is 0 Å². The van der Waals surface area contributed by atoms with Crippen LogP contribution in [-0.4, -0.2) is 6.04 Å². The second kappa shape index (κ2) is 4.13. The van der Waals surface area contributed by atoms with E-state index in [0.29, 0.717) is 11.6 Å². The summed E-state index contributed by atoms with van der Waals surface area (Å²) in [5, 5.41) is 3.41. The largest absolute Gasteiger partial charge is 0.305 e. The first-order chi connectivity index (χ1) is 7.53. The van der Waals surface area contributed by atoms with Gasteiger partial charge in [-0.15, -0.1) is 0 Å². The Morgan fingerprint density at radius 1 is 1.25 bits per heavy atom. The molecule has 16 heavy (non-hydrogen) atoms. The van der Waals surface area contributed by atoms with Gasteiger partial charge in [0.15, 0.2) is 0 Å². The molecular formula is C13H17F2N. The molecule has 0 aromatic heterocycles. The number of benzene rings is 1. The van der Waals surface area contributed by atoms with Crippen LogP contribution in [0.4, 0.5) is 8.78 Å². The molecule has 0 heterocycles. The second-order valence-corrected chi connectivity index (χ2v) is 4.86. The Morgan fingerprint density at radius 2 is 1.94 bits per heavy atom. The maximum Gasteiger partial charge on any atom is 0.131 e. The molecule has 0 saturated heterocycles. The molecule has 1 nitrogen and oxygen atoms in total. The van der Waals surface area contributed by atoms with Crippen LogP contribution in [0.25, 0.3) is 0 Å². The first-order valence-electron chi connectivity index (χ1n) is 5.77. The van der Waals surface area contributed by atoms with Crippen molar-refractivity contribution < 1.29 is 8.78 Å². The smallest absolute Gasteiger partial charge is 0.131 e. The zero-order valence-corrected chi connectivity index (χ0v) is 9.69. The summed E-state index contributed by atoms with van der Waals surface area (Å²) in [7, 11) is 0. The zero-order chi connectivity index (χ0) is 11.8. The van der Waals surface area contributed by atoms with Crippen molar-refractivity contribution in [1.29, 1.82) is 0 Å². The Kier molecular flexibility index (Phi) is 2.98. The van der Waals surface area contributed by atoms with Crippen LogP contribution in [0.1, 0.15) is 38.7 Å². The van der Waals surface area contributed by atoms with Gasteiger partial charge in [0, 0.05) is 23.2 Å². The topological polar surface area (TPSA) is 12.0 Å². The van der Waals surface area contributed by atoms with Gasteiger partial charge in [-0.1, -0.05) is 19.9 Å². The van der Waals surface area contributed by atoms with Gasteiger partial charge in [-0.3, -0.25) is 0 Å². The SMILES string of the molecule is CC(C)NC1(c2ccc(F)cc2F)CCC1. The highest BCUT2D eigenvalue weighted by Gasteiger charge is 2.40. The third-order valence-corrected chi connectivity index (χ3v) is 3.22. The van der Waals surface area contributed by atoms with Gasteiger partial charge in [0.2, 0.25) is 0 Å². The van der Waals surface area contributed by atoms with E-state index in [9.17, 15) is 8.78 Å². The lowest BCUT2D eigenvalue weighted by atomic mass is 9.71. The van der Waals surface area contributed by atoms with Crippen LogP contribution >= 0.6 is 0 Å². The van der Waals surface area contributed by atoms with Gasteiger partial charge in [0.1, 0.15) is 11.6 Å². The molecule has 0 aliphatic heterocycles. The molecule has 1 aliphatic carbocycles. The lowest BCUT2D eigenvalue weighted by molar-refractivity contribution is 0.165. The van der Waals surface area contributed by atoms with E-state index in [0.717, 1.165) is 25.3 Å². The van der Waals surface area contributed by atoms with Gasteiger partial charge < -0.3 is 5.32 Å². The first-order valence-corrected chi connectivity index (χ1v) is 5.77. The molecule has 1 aromatic rings. The highest BCUT2D eigenvalue weighted by molar-refractivity contribution is 5.29. The van der Waals surface area contributed by atoms with Gasteiger partial charge in [-0.2, -0.15) is 0 Å². The van der Waals surface area contributed by atoms with E-state index in [2.05, 4.69) is 5.32 Å². The summed E-state index contributed by atoms with van der Waals surface area (Å²) in [6, 6.07) is 4.17. The number of hydrogen-bond acceptors (Lipinski definition) is 1. The maximum absolute atomic E-state index is 13.7. The Bertz CT molecular complexity index is 384. The summed E-state index contributed by atoms with van der Waals surface area (Å²) < 4.78 is 26.6. The van der Waals surface area contributed by atoms with E-state index in [1.165, 1.54) is 6.07 Å². The van der Waals surface area contributed by atoms with Crippen molar-refractivity contribution in [2.45, 2.75) is 44.7 Å². The monoisotopic (exact) mass is 225 g/mol. The van der Waals surface area contributed by atoms with Crippen LogP contribution in [0, 0.1) is 11.6 Å². The third-order valence-electron chi connectivity index (χ3n) is 3.22. The van der Waals surface area contributed by atoms with Crippen LogP contribution in [0.2, 0.25) is 0 Å². The van der Waals surface area contributed by atoms with Gasteiger partial charge in [0.25, 0.3) is 0 Å². The molecule has 0 amide bonds. The Labute approximate surface area is 94.9 Å². The molecule has 0 unspecified atom stereocenters. The first kappa shape index (κ1) is 11.5. The number of rotatable bonds is 3. The van der Waals surface area contributed by atoms with Crippen LogP contribution in [0.5, 0.6) is 0 Å². The molecule has 0 spiro atoms. The minimum Gasteiger partial charge on any atom is -0.305 e. The molecule has 0 bridgehead atoms. The molecular weight excluding hydrogens is 208 g/mol. The molecule has 88 valence electrons. The molecule has 1 N–H and O–H groups in total. The predicted molar refractivity (Wildman–Crippen MR) is 60.2 cm³/mol. The number of halogens is 2. The normalized spacial score (nSPS) is 18.6. The summed E-state index contributed by atoms with van der Waals surface area (Å²) >= 11 is 0. The van der Waals surface area contributed by atoms with Gasteiger partial charge in [-0.25, -0.2) is 8.78 Å². The van der Waals surface area contributed by atoms with Gasteiger partial charge >= 0.3 is 0 Å². The molecule has 1 fully saturated rings. The van der Waals surface area contributed by atoms with E-state index in [1.54, 1.807) is 6.07 Å². The van der Waals surface area contributed by atoms with Crippen molar-refractivity contribution in [2.24, 2.45) is 0 Å². The molecule has 1 aromatic carbocycles. The highest BCUT2D eigenvalue weighted by Crippen LogP contribution is 2.42. The molecule has 2 rings (SSSR count). The van der Waals surface area contributed by atoms with Crippen LogP contribution in [0.3, 0.4) is 0 Å². The number of nitrogens with one attached hydrogen (secondary N) is 1. The lowest BCUT2D eigenvalue weighted by Crippen LogP contribution is -2.51. The van der Waals surface area contributed by atoms with Crippen LogP contribution in [-0.2, 0) is 5.54 Å². The van der Waals surface area contributed by atoms with Gasteiger partial charge in [-0.05, 0) is 25.3 Å². The summed E-state index contributed by atoms with van der Waals surface area (Å²) in [6.07, 6.45) is 2.94.